The van der Waals surface area contributed by atoms with E-state index >= 15 is 0 Å². The maximum absolute atomic E-state index is 10.1. The van der Waals surface area contributed by atoms with Gasteiger partial charge in [0.15, 0.2) is 0 Å². The summed E-state index contributed by atoms with van der Waals surface area (Å²) in [6.45, 7) is 5.93. The Balaban J connectivity index is 1.99. The fourth-order valence-electron chi connectivity index (χ4n) is 1.63. The van der Waals surface area contributed by atoms with E-state index in [9.17, 15) is 4.79 Å². The minimum atomic E-state index is 0.730. The largest absolute Gasteiger partial charge is 0.304 e. The Morgan fingerprint density at radius 1 is 1.15 bits per heavy atom. The summed E-state index contributed by atoms with van der Waals surface area (Å²) in [6, 6.07) is 0. The van der Waals surface area contributed by atoms with Crippen molar-refractivity contribution in [2.45, 2.75) is 19.3 Å². The monoisotopic (exact) mass is 184 g/mol. The van der Waals surface area contributed by atoms with Crippen LogP contribution in [0.2, 0.25) is 0 Å². The molecule has 0 aliphatic carbocycles. The Morgan fingerprint density at radius 2 is 1.85 bits per heavy atom. The van der Waals surface area contributed by atoms with E-state index in [1.807, 2.05) is 0 Å². The van der Waals surface area contributed by atoms with Gasteiger partial charge in [0.05, 0.1) is 0 Å². The van der Waals surface area contributed by atoms with Crippen molar-refractivity contribution in [3.63, 3.8) is 0 Å². The van der Waals surface area contributed by atoms with Crippen molar-refractivity contribution in [1.29, 1.82) is 0 Å². The molecule has 1 heterocycles. The van der Waals surface area contributed by atoms with Crippen LogP contribution in [0.5, 0.6) is 0 Å². The highest BCUT2D eigenvalue weighted by molar-refractivity contribution is 5.48. The molecule has 0 aromatic carbocycles. The molecule has 1 saturated heterocycles. The zero-order valence-corrected chi connectivity index (χ0v) is 8.54. The lowest BCUT2D eigenvalue weighted by atomic mass is 10.2. The number of rotatable bonds is 5. The number of unbranched alkanes of at least 4 members (excludes halogenated alkanes) is 2. The summed E-state index contributed by atoms with van der Waals surface area (Å²) in [7, 11) is 2.17. The molecule has 1 rings (SSSR count). The van der Waals surface area contributed by atoms with Crippen LogP contribution >= 0.6 is 0 Å². The molecule has 1 fully saturated rings. The van der Waals surface area contributed by atoms with E-state index in [1.54, 1.807) is 0 Å². The molecule has 0 atom stereocenters. The van der Waals surface area contributed by atoms with Crippen LogP contribution < -0.4 is 0 Å². The van der Waals surface area contributed by atoms with Gasteiger partial charge in [-0.2, -0.15) is 0 Å². The van der Waals surface area contributed by atoms with Gasteiger partial charge in [-0.15, -0.1) is 0 Å². The van der Waals surface area contributed by atoms with Crippen LogP contribution in [-0.2, 0) is 4.79 Å². The molecule has 0 unspecified atom stereocenters. The number of carbonyl (C=O) groups excluding carboxylic acids is 1. The highest BCUT2D eigenvalue weighted by atomic mass is 16.1. The summed E-state index contributed by atoms with van der Waals surface area (Å²) >= 11 is 0. The number of hydrogen-bond acceptors (Lipinski definition) is 3. The average molecular weight is 184 g/mol. The van der Waals surface area contributed by atoms with E-state index in [0.29, 0.717) is 0 Å². The van der Waals surface area contributed by atoms with E-state index in [2.05, 4.69) is 16.8 Å². The van der Waals surface area contributed by atoms with Crippen molar-refractivity contribution in [3.05, 3.63) is 0 Å². The lowest BCUT2D eigenvalue weighted by molar-refractivity contribution is -0.107. The van der Waals surface area contributed by atoms with Crippen LogP contribution in [0.15, 0.2) is 0 Å². The zero-order chi connectivity index (χ0) is 9.52. The standard InChI is InChI=1S/C10H20N2O/c1-11-6-8-12(9-7-11)5-3-2-4-10-13/h10H,2-9H2,1H3. The van der Waals surface area contributed by atoms with Gasteiger partial charge < -0.3 is 14.6 Å². The van der Waals surface area contributed by atoms with Crippen molar-refractivity contribution in [1.82, 2.24) is 9.80 Å². The van der Waals surface area contributed by atoms with Crippen LogP contribution in [0.25, 0.3) is 0 Å². The molecule has 1 aliphatic rings. The van der Waals surface area contributed by atoms with Gasteiger partial charge in [-0.25, -0.2) is 0 Å². The van der Waals surface area contributed by atoms with Gasteiger partial charge in [-0.1, -0.05) is 0 Å². The molecule has 13 heavy (non-hydrogen) atoms. The minimum Gasteiger partial charge on any atom is -0.304 e. The van der Waals surface area contributed by atoms with E-state index in [0.717, 1.165) is 19.1 Å². The topological polar surface area (TPSA) is 23.6 Å². The van der Waals surface area contributed by atoms with Crippen molar-refractivity contribution < 1.29 is 4.79 Å². The van der Waals surface area contributed by atoms with E-state index in [1.165, 1.54) is 39.1 Å². The van der Waals surface area contributed by atoms with Crippen LogP contribution in [0, 0.1) is 0 Å². The van der Waals surface area contributed by atoms with Crippen LogP contribution in [0.4, 0.5) is 0 Å². The molecule has 0 bridgehead atoms. The van der Waals surface area contributed by atoms with Crippen LogP contribution in [0.1, 0.15) is 19.3 Å². The minimum absolute atomic E-state index is 0.730. The van der Waals surface area contributed by atoms with Crippen molar-refractivity contribution >= 4 is 6.29 Å². The highest BCUT2D eigenvalue weighted by Gasteiger charge is 2.12. The van der Waals surface area contributed by atoms with Gasteiger partial charge >= 0.3 is 0 Å². The maximum atomic E-state index is 10.1. The number of piperazine rings is 1. The molecular weight excluding hydrogens is 164 g/mol. The Bertz CT molecular complexity index is 142. The third kappa shape index (κ3) is 4.39. The second-order valence-corrected chi connectivity index (χ2v) is 3.81. The molecule has 0 N–H and O–H groups in total. The molecule has 0 saturated carbocycles. The maximum Gasteiger partial charge on any atom is 0.119 e. The molecule has 0 spiro atoms. The van der Waals surface area contributed by atoms with E-state index < -0.39 is 0 Å². The first-order valence-corrected chi connectivity index (χ1v) is 5.17. The quantitative estimate of drug-likeness (QED) is 0.462. The molecule has 0 aromatic rings. The zero-order valence-electron chi connectivity index (χ0n) is 8.54. The summed E-state index contributed by atoms with van der Waals surface area (Å²) < 4.78 is 0. The van der Waals surface area contributed by atoms with E-state index in [-0.39, 0.29) is 0 Å². The lowest BCUT2D eigenvalue weighted by Crippen LogP contribution is -2.44. The van der Waals surface area contributed by atoms with Crippen LogP contribution in [-0.4, -0.2) is 55.9 Å². The summed E-state index contributed by atoms with van der Waals surface area (Å²) in [6.07, 6.45) is 3.97. The SMILES string of the molecule is CN1CCN(CCCCC=O)CC1. The summed E-state index contributed by atoms with van der Waals surface area (Å²) in [4.78, 5) is 14.9. The van der Waals surface area contributed by atoms with Crippen LogP contribution in [0.3, 0.4) is 0 Å². The van der Waals surface area contributed by atoms with Gasteiger partial charge in [0.2, 0.25) is 0 Å². The molecule has 0 amide bonds. The van der Waals surface area contributed by atoms with Gasteiger partial charge in [-0.05, 0) is 26.4 Å². The summed E-state index contributed by atoms with van der Waals surface area (Å²) in [5.74, 6) is 0. The number of carbonyl (C=O) groups is 1. The number of hydrogen-bond donors (Lipinski definition) is 0. The predicted octanol–water partition coefficient (Wildman–Crippen LogP) is 0.603. The Hall–Kier alpha value is -0.410. The number of nitrogens with zero attached hydrogens (tertiary/aromatic N) is 2. The molecule has 3 heteroatoms. The molecule has 0 radical (unpaired) electrons. The van der Waals surface area contributed by atoms with Gasteiger partial charge in [0.1, 0.15) is 6.29 Å². The third-order valence-electron chi connectivity index (χ3n) is 2.64. The van der Waals surface area contributed by atoms with Gasteiger partial charge in [0, 0.05) is 32.6 Å². The second kappa shape index (κ2) is 6.11. The lowest BCUT2D eigenvalue weighted by Gasteiger charge is -2.32. The average Bonchev–Trinajstić information content (AvgIpc) is 2.15. The highest BCUT2D eigenvalue weighted by Crippen LogP contribution is 2.02. The summed E-state index contributed by atoms with van der Waals surface area (Å²) in [5, 5.41) is 0. The first-order chi connectivity index (χ1) is 6.33. The van der Waals surface area contributed by atoms with Gasteiger partial charge in [0.25, 0.3) is 0 Å². The van der Waals surface area contributed by atoms with Crippen molar-refractivity contribution in [2.24, 2.45) is 0 Å². The Morgan fingerprint density at radius 3 is 2.46 bits per heavy atom. The molecular formula is C10H20N2O. The molecule has 3 nitrogen and oxygen atoms in total. The van der Waals surface area contributed by atoms with Crippen molar-refractivity contribution in [3.8, 4) is 0 Å². The number of aldehydes is 1. The molecule has 1 aliphatic heterocycles. The third-order valence-corrected chi connectivity index (χ3v) is 2.64. The normalized spacial score (nSPS) is 20.4. The van der Waals surface area contributed by atoms with E-state index in [4.69, 9.17) is 0 Å². The fraction of sp³-hybridized carbons (Fsp3) is 0.900. The van der Waals surface area contributed by atoms with Gasteiger partial charge in [-0.3, -0.25) is 0 Å². The second-order valence-electron chi connectivity index (χ2n) is 3.81. The summed E-state index contributed by atoms with van der Waals surface area (Å²) in [5.41, 5.74) is 0. The smallest absolute Gasteiger partial charge is 0.119 e. The number of likely N-dealkylation sites (N-methyl/N-ethyl adjacent to an activating group) is 1. The first kappa shape index (κ1) is 10.7. The van der Waals surface area contributed by atoms with Crippen molar-refractivity contribution in [2.75, 3.05) is 39.8 Å². The molecule has 0 aromatic heterocycles. The Kier molecular flexibility index (Phi) is 5.01. The Labute approximate surface area is 80.7 Å². The first-order valence-electron chi connectivity index (χ1n) is 5.17. The predicted molar refractivity (Wildman–Crippen MR) is 53.9 cm³/mol. The molecule has 76 valence electrons. The fourth-order valence-corrected chi connectivity index (χ4v) is 1.63.